The van der Waals surface area contributed by atoms with E-state index in [0.29, 0.717) is 6.54 Å². The maximum Gasteiger partial charge on any atom is 0.0828 e. The average molecular weight is 171 g/mol. The third-order valence-electron chi connectivity index (χ3n) is 3.27. The zero-order valence-corrected chi connectivity index (χ0v) is 8.31. The molecular formula is C10H21NO. The Hall–Kier alpha value is -0.0800. The van der Waals surface area contributed by atoms with E-state index >= 15 is 0 Å². The molecular weight excluding hydrogens is 150 g/mol. The van der Waals surface area contributed by atoms with Gasteiger partial charge in [-0.25, -0.2) is 0 Å². The Labute approximate surface area is 75.5 Å². The third-order valence-corrected chi connectivity index (χ3v) is 3.27. The zero-order chi connectivity index (χ0) is 9.03. The molecule has 1 atom stereocenters. The summed E-state index contributed by atoms with van der Waals surface area (Å²) in [6, 6.07) is 0. The fourth-order valence-corrected chi connectivity index (χ4v) is 2.18. The van der Waals surface area contributed by atoms with Crippen molar-refractivity contribution in [1.82, 2.24) is 0 Å². The minimum absolute atomic E-state index is 0.00694. The maximum absolute atomic E-state index is 5.79. The van der Waals surface area contributed by atoms with Crippen molar-refractivity contribution in [3.8, 4) is 0 Å². The third kappa shape index (κ3) is 1.64. The van der Waals surface area contributed by atoms with E-state index in [1.807, 2.05) is 0 Å². The molecule has 0 heterocycles. The van der Waals surface area contributed by atoms with E-state index in [-0.39, 0.29) is 5.60 Å². The van der Waals surface area contributed by atoms with Gasteiger partial charge in [-0.3, -0.25) is 0 Å². The lowest BCUT2D eigenvalue weighted by Crippen LogP contribution is -2.49. The molecule has 0 radical (unpaired) electrons. The number of hydrogen-bond acceptors (Lipinski definition) is 2. The lowest BCUT2D eigenvalue weighted by atomic mass is 9.71. The van der Waals surface area contributed by atoms with Crippen LogP contribution in [-0.2, 0) is 4.74 Å². The quantitative estimate of drug-likeness (QED) is 0.686. The molecule has 0 spiro atoms. The molecule has 1 rings (SSSR count). The fourth-order valence-electron chi connectivity index (χ4n) is 2.18. The van der Waals surface area contributed by atoms with Crippen LogP contribution < -0.4 is 5.73 Å². The fraction of sp³-hybridized carbons (Fsp3) is 1.00. The Morgan fingerprint density at radius 3 is 2.42 bits per heavy atom. The largest absolute Gasteiger partial charge is 0.377 e. The van der Waals surface area contributed by atoms with Crippen LogP contribution in [0.3, 0.4) is 0 Å². The highest BCUT2D eigenvalue weighted by Gasteiger charge is 2.40. The van der Waals surface area contributed by atoms with E-state index in [1.165, 1.54) is 25.7 Å². The molecule has 2 heteroatoms. The van der Waals surface area contributed by atoms with Crippen molar-refractivity contribution >= 4 is 0 Å². The molecule has 1 unspecified atom stereocenters. The molecule has 0 saturated heterocycles. The minimum atomic E-state index is 0.00694. The first-order valence-electron chi connectivity index (χ1n) is 5.04. The monoisotopic (exact) mass is 171 g/mol. The van der Waals surface area contributed by atoms with E-state index in [9.17, 15) is 0 Å². The van der Waals surface area contributed by atoms with Crippen molar-refractivity contribution in [3.63, 3.8) is 0 Å². The van der Waals surface area contributed by atoms with Gasteiger partial charge in [0, 0.05) is 13.7 Å². The highest BCUT2D eigenvalue weighted by Crippen LogP contribution is 2.40. The van der Waals surface area contributed by atoms with Crippen LogP contribution >= 0.6 is 0 Å². The molecule has 0 aromatic heterocycles. The molecule has 1 aliphatic carbocycles. The summed E-state index contributed by atoms with van der Waals surface area (Å²) in [5, 5.41) is 0. The van der Waals surface area contributed by atoms with Crippen molar-refractivity contribution in [2.75, 3.05) is 13.7 Å². The van der Waals surface area contributed by atoms with Crippen molar-refractivity contribution in [2.24, 2.45) is 11.7 Å². The van der Waals surface area contributed by atoms with E-state index < -0.39 is 0 Å². The first kappa shape index (κ1) is 10.0. The summed E-state index contributed by atoms with van der Waals surface area (Å²) in [6.45, 7) is 2.88. The molecule has 0 aromatic rings. The molecule has 0 bridgehead atoms. The van der Waals surface area contributed by atoms with Gasteiger partial charge >= 0.3 is 0 Å². The van der Waals surface area contributed by atoms with E-state index in [1.54, 1.807) is 7.11 Å². The van der Waals surface area contributed by atoms with E-state index in [4.69, 9.17) is 10.5 Å². The smallest absolute Gasteiger partial charge is 0.0828 e. The predicted molar refractivity (Wildman–Crippen MR) is 51.0 cm³/mol. The Morgan fingerprint density at radius 1 is 1.50 bits per heavy atom. The number of ether oxygens (including phenoxy) is 1. The summed E-state index contributed by atoms with van der Waals surface area (Å²) < 4.78 is 5.61. The zero-order valence-electron chi connectivity index (χ0n) is 8.31. The topological polar surface area (TPSA) is 35.2 Å². The molecule has 12 heavy (non-hydrogen) atoms. The Balaban J connectivity index is 2.54. The van der Waals surface area contributed by atoms with Gasteiger partial charge in [0.2, 0.25) is 0 Å². The summed E-state index contributed by atoms with van der Waals surface area (Å²) in [5.74, 6) is 0.729. The Bertz CT molecular complexity index is 128. The summed E-state index contributed by atoms with van der Waals surface area (Å²) in [5.41, 5.74) is 5.80. The van der Waals surface area contributed by atoms with Gasteiger partial charge in [0.15, 0.2) is 0 Å². The molecule has 72 valence electrons. The van der Waals surface area contributed by atoms with Crippen molar-refractivity contribution in [3.05, 3.63) is 0 Å². The Kier molecular flexibility index (Phi) is 3.53. The normalized spacial score (nSPS) is 23.2. The van der Waals surface area contributed by atoms with Crippen LogP contribution in [-0.4, -0.2) is 19.3 Å². The maximum atomic E-state index is 5.79. The van der Waals surface area contributed by atoms with Crippen LogP contribution in [0.5, 0.6) is 0 Å². The van der Waals surface area contributed by atoms with Gasteiger partial charge in [0.25, 0.3) is 0 Å². The minimum Gasteiger partial charge on any atom is -0.377 e. The molecule has 2 nitrogen and oxygen atoms in total. The van der Waals surface area contributed by atoms with Crippen LogP contribution in [0.15, 0.2) is 0 Å². The molecule has 1 saturated carbocycles. The summed E-state index contributed by atoms with van der Waals surface area (Å²) in [4.78, 5) is 0. The van der Waals surface area contributed by atoms with Crippen LogP contribution in [0.2, 0.25) is 0 Å². The van der Waals surface area contributed by atoms with Gasteiger partial charge in [-0.1, -0.05) is 19.8 Å². The number of methoxy groups -OCH3 is 1. The second-order valence-electron chi connectivity index (χ2n) is 3.85. The number of nitrogens with two attached hydrogens (primary N) is 1. The number of hydrogen-bond donors (Lipinski definition) is 1. The van der Waals surface area contributed by atoms with Gasteiger partial charge in [0.1, 0.15) is 0 Å². The summed E-state index contributed by atoms with van der Waals surface area (Å²) >= 11 is 0. The van der Waals surface area contributed by atoms with Crippen molar-refractivity contribution < 1.29 is 4.74 Å². The van der Waals surface area contributed by atoms with Crippen molar-refractivity contribution in [2.45, 2.75) is 44.6 Å². The molecule has 0 amide bonds. The summed E-state index contributed by atoms with van der Waals surface area (Å²) in [6.07, 6.45) is 6.27. The van der Waals surface area contributed by atoms with Crippen LogP contribution in [0.25, 0.3) is 0 Å². The van der Waals surface area contributed by atoms with Crippen molar-refractivity contribution in [1.29, 1.82) is 0 Å². The summed E-state index contributed by atoms with van der Waals surface area (Å²) in [7, 11) is 1.81. The molecule has 0 aliphatic heterocycles. The first-order valence-corrected chi connectivity index (χ1v) is 5.04. The highest BCUT2D eigenvalue weighted by molar-refractivity contribution is 4.93. The van der Waals surface area contributed by atoms with Crippen LogP contribution in [0.1, 0.15) is 39.0 Å². The lowest BCUT2D eigenvalue weighted by Gasteiger charge is -2.43. The van der Waals surface area contributed by atoms with Crippen LogP contribution in [0.4, 0.5) is 0 Å². The molecule has 1 aliphatic rings. The van der Waals surface area contributed by atoms with Gasteiger partial charge in [-0.15, -0.1) is 0 Å². The average Bonchev–Trinajstić information content (AvgIpc) is 2.00. The van der Waals surface area contributed by atoms with E-state index in [2.05, 4.69) is 6.92 Å². The SMILES string of the molecule is CCCC(CN)(OC)C1CCC1. The molecule has 2 N–H and O–H groups in total. The standard InChI is InChI=1S/C10H21NO/c1-3-7-10(8-11,12-2)9-5-4-6-9/h9H,3-8,11H2,1-2H3. The Morgan fingerprint density at radius 2 is 2.17 bits per heavy atom. The second-order valence-corrected chi connectivity index (χ2v) is 3.85. The number of rotatable bonds is 5. The van der Waals surface area contributed by atoms with Gasteiger partial charge in [-0.2, -0.15) is 0 Å². The van der Waals surface area contributed by atoms with Gasteiger partial charge < -0.3 is 10.5 Å². The van der Waals surface area contributed by atoms with Gasteiger partial charge in [-0.05, 0) is 25.2 Å². The highest BCUT2D eigenvalue weighted by atomic mass is 16.5. The lowest BCUT2D eigenvalue weighted by molar-refractivity contribution is -0.0829. The first-order chi connectivity index (χ1) is 5.79. The second kappa shape index (κ2) is 4.24. The van der Waals surface area contributed by atoms with Crippen LogP contribution in [0, 0.1) is 5.92 Å². The van der Waals surface area contributed by atoms with E-state index in [0.717, 1.165) is 12.3 Å². The molecule has 0 aromatic carbocycles. The predicted octanol–water partition coefficient (Wildman–Crippen LogP) is 1.93. The molecule has 1 fully saturated rings. The van der Waals surface area contributed by atoms with Gasteiger partial charge in [0.05, 0.1) is 5.60 Å².